The predicted molar refractivity (Wildman–Crippen MR) is 150 cm³/mol. The number of nitrogens with zero attached hydrogens (tertiary/aromatic N) is 3. The Morgan fingerprint density at radius 2 is 1.71 bits per heavy atom. The fourth-order valence-electron chi connectivity index (χ4n) is 5.73. The molecule has 1 aliphatic carbocycles. The lowest BCUT2D eigenvalue weighted by atomic mass is 9.93. The van der Waals surface area contributed by atoms with Gasteiger partial charge in [-0.1, -0.05) is 0 Å². The second-order valence-corrected chi connectivity index (χ2v) is 13.0. The third-order valence-electron chi connectivity index (χ3n) is 8.50. The molecule has 2 aromatic heterocycles. The van der Waals surface area contributed by atoms with Gasteiger partial charge < -0.3 is 24.6 Å². The van der Waals surface area contributed by atoms with E-state index in [1.165, 1.54) is 25.2 Å². The number of hydrogen-bond donors (Lipinski definition) is 3. The van der Waals surface area contributed by atoms with Gasteiger partial charge in [-0.2, -0.15) is 0 Å². The number of sulfonamides is 1. The minimum absolute atomic E-state index is 0.0350. The molecule has 3 aliphatic rings. The van der Waals surface area contributed by atoms with Crippen LogP contribution in [-0.2, 0) is 10.0 Å². The first-order valence-corrected chi connectivity index (χ1v) is 15.4. The highest BCUT2D eigenvalue weighted by Crippen LogP contribution is 2.54. The van der Waals surface area contributed by atoms with Gasteiger partial charge in [0.15, 0.2) is 11.4 Å². The van der Waals surface area contributed by atoms with Crippen molar-refractivity contribution in [1.82, 2.24) is 9.71 Å². The van der Waals surface area contributed by atoms with Crippen LogP contribution >= 0.6 is 0 Å². The van der Waals surface area contributed by atoms with Gasteiger partial charge in [0, 0.05) is 51.0 Å². The Hall–Kier alpha value is -3.29. The Balaban J connectivity index is 1.30. The smallest absolute Gasteiger partial charge is 0.274 e. The monoisotopic (exact) mass is 589 g/mol. The largest absolute Gasteiger partial charge is 0.460 e. The molecule has 4 heterocycles. The average Bonchev–Trinajstić information content (AvgIpc) is 3.53. The number of nitrogens with one attached hydrogen (secondary N) is 2. The number of aromatic nitrogens is 1. The molecule has 6 rings (SSSR count). The summed E-state index contributed by atoms with van der Waals surface area (Å²) in [5.74, 6) is -2.90. The molecule has 3 N–H and O–H groups in total. The number of rotatable bonds is 8. The molecule has 13 heteroatoms. The molecule has 220 valence electrons. The van der Waals surface area contributed by atoms with E-state index in [1.54, 1.807) is 29.2 Å². The van der Waals surface area contributed by atoms with Gasteiger partial charge in [0.2, 0.25) is 10.0 Å². The van der Waals surface area contributed by atoms with E-state index < -0.39 is 21.9 Å². The van der Waals surface area contributed by atoms with E-state index in [0.29, 0.717) is 33.6 Å². The number of alkyl halides is 2. The third kappa shape index (κ3) is 5.75. The van der Waals surface area contributed by atoms with Crippen molar-refractivity contribution in [3.05, 3.63) is 42.3 Å². The van der Waals surface area contributed by atoms with E-state index in [4.69, 9.17) is 9.52 Å². The molecule has 1 saturated carbocycles. The van der Waals surface area contributed by atoms with Gasteiger partial charge in [0.25, 0.3) is 11.8 Å². The maximum atomic E-state index is 13.8. The highest BCUT2D eigenvalue weighted by Gasteiger charge is 2.44. The zero-order valence-corrected chi connectivity index (χ0v) is 23.4. The maximum Gasteiger partial charge on any atom is 0.274 e. The number of amides is 1. The van der Waals surface area contributed by atoms with Gasteiger partial charge in [0.1, 0.15) is 5.69 Å². The van der Waals surface area contributed by atoms with E-state index in [0.717, 1.165) is 25.9 Å². The number of halogens is 2. The number of benzene rings is 1. The van der Waals surface area contributed by atoms with Gasteiger partial charge in [-0.05, 0) is 61.4 Å². The molecule has 3 aromatic rings. The number of carbonyl (C=O) groups excluding carboxylic acids is 1. The highest BCUT2D eigenvalue weighted by atomic mass is 32.2. The first-order chi connectivity index (χ1) is 19.6. The number of carbonyl (C=O) groups is 1. The second-order valence-electron chi connectivity index (χ2n) is 11.3. The van der Waals surface area contributed by atoms with Crippen molar-refractivity contribution < 1.29 is 31.5 Å². The summed E-state index contributed by atoms with van der Waals surface area (Å²) < 4.78 is 61.2. The first kappa shape index (κ1) is 27.9. The van der Waals surface area contributed by atoms with Crippen LogP contribution in [0.1, 0.15) is 49.0 Å². The van der Waals surface area contributed by atoms with E-state index in [2.05, 4.69) is 19.9 Å². The van der Waals surface area contributed by atoms with Crippen molar-refractivity contribution >= 4 is 44.1 Å². The molecular weight excluding hydrogens is 556 g/mol. The van der Waals surface area contributed by atoms with Crippen LogP contribution in [0.3, 0.4) is 0 Å². The number of anilines is 3. The number of pyridine rings is 1. The highest BCUT2D eigenvalue weighted by molar-refractivity contribution is 7.89. The lowest BCUT2D eigenvalue weighted by molar-refractivity contribution is -0.0221. The molecule has 0 atom stereocenters. The lowest BCUT2D eigenvalue weighted by Crippen LogP contribution is -2.40. The Bertz CT molecular complexity index is 1550. The molecule has 2 aliphatic heterocycles. The fourth-order valence-corrected chi connectivity index (χ4v) is 6.77. The van der Waals surface area contributed by atoms with Crippen LogP contribution < -0.4 is 19.8 Å². The van der Waals surface area contributed by atoms with Crippen molar-refractivity contribution in [3.63, 3.8) is 0 Å². The number of furan rings is 1. The number of piperidine rings is 2. The Morgan fingerprint density at radius 1 is 1.00 bits per heavy atom. The number of aliphatic hydroxyl groups excluding tert-OH is 1. The van der Waals surface area contributed by atoms with Crippen LogP contribution in [0.5, 0.6) is 0 Å². The number of aliphatic hydroxyl groups is 1. The summed E-state index contributed by atoms with van der Waals surface area (Å²) in [6.45, 7) is 1.20. The standard InChI is InChI=1S/C28H33F2N5O5S/c29-28(30)8-13-35(14-9-28)25-24-19(3-16-40-24)17-22(32-25)26(37)33-21-2-1-20(41(38,39)31-10-15-36)18-23(21)34-11-6-27(4-5-27)7-12-34/h1-3,16-18,31,36H,4-15H2,(H,33,37). The number of hydrogen-bond acceptors (Lipinski definition) is 8. The molecule has 41 heavy (non-hydrogen) atoms. The van der Waals surface area contributed by atoms with E-state index in [9.17, 15) is 22.0 Å². The maximum absolute atomic E-state index is 13.8. The molecule has 1 aromatic carbocycles. The summed E-state index contributed by atoms with van der Waals surface area (Å²) in [7, 11) is -3.87. The second kappa shape index (κ2) is 10.5. The Kier molecular flexibility index (Phi) is 7.15. The van der Waals surface area contributed by atoms with Gasteiger partial charge >= 0.3 is 0 Å². The number of fused-ring (bicyclic) bond motifs is 1. The molecule has 0 bridgehead atoms. The molecule has 10 nitrogen and oxygen atoms in total. The van der Waals surface area contributed by atoms with Crippen LogP contribution in [0.25, 0.3) is 11.0 Å². The molecule has 0 radical (unpaired) electrons. The van der Waals surface area contributed by atoms with E-state index in [1.807, 2.05) is 0 Å². The lowest BCUT2D eigenvalue weighted by Gasteiger charge is -2.35. The van der Waals surface area contributed by atoms with Crippen LogP contribution in [0, 0.1) is 5.41 Å². The summed E-state index contributed by atoms with van der Waals surface area (Å²) in [4.78, 5) is 21.9. The van der Waals surface area contributed by atoms with Crippen LogP contribution in [0.15, 0.2) is 45.9 Å². The van der Waals surface area contributed by atoms with Crippen LogP contribution in [-0.4, -0.2) is 69.7 Å². The van der Waals surface area contributed by atoms with Crippen molar-refractivity contribution in [2.45, 2.75) is 49.3 Å². The predicted octanol–water partition coefficient (Wildman–Crippen LogP) is 3.97. The summed E-state index contributed by atoms with van der Waals surface area (Å²) in [6.07, 6.45) is 5.27. The van der Waals surface area contributed by atoms with Crippen molar-refractivity contribution in [2.24, 2.45) is 5.41 Å². The molecule has 1 spiro atoms. The molecular formula is C28H33F2N5O5S. The topological polar surface area (TPSA) is 128 Å². The minimum Gasteiger partial charge on any atom is -0.460 e. The summed E-state index contributed by atoms with van der Waals surface area (Å²) >= 11 is 0. The average molecular weight is 590 g/mol. The quantitative estimate of drug-likeness (QED) is 0.360. The van der Waals surface area contributed by atoms with Gasteiger partial charge in [-0.3, -0.25) is 4.79 Å². The first-order valence-electron chi connectivity index (χ1n) is 13.9. The van der Waals surface area contributed by atoms with Crippen LogP contribution in [0.2, 0.25) is 0 Å². The van der Waals surface area contributed by atoms with Crippen molar-refractivity contribution in [3.8, 4) is 0 Å². The normalized spacial score (nSPS) is 20.0. The third-order valence-corrected chi connectivity index (χ3v) is 9.96. The van der Waals surface area contributed by atoms with Crippen molar-refractivity contribution in [1.29, 1.82) is 0 Å². The SMILES string of the molecule is O=C(Nc1ccc(S(=O)(=O)NCCO)cc1N1CCC2(CC1)CC2)c1cc2ccoc2c(N2CCC(F)(F)CC2)n1. The molecule has 1 amide bonds. The van der Waals surface area contributed by atoms with Gasteiger partial charge in [-0.15, -0.1) is 0 Å². The Morgan fingerprint density at radius 3 is 2.39 bits per heavy atom. The molecule has 0 unspecified atom stereocenters. The molecule has 2 saturated heterocycles. The fraction of sp³-hybridized carbons (Fsp3) is 0.500. The van der Waals surface area contributed by atoms with Crippen molar-refractivity contribution in [2.75, 3.05) is 54.4 Å². The van der Waals surface area contributed by atoms with Gasteiger partial charge in [-0.25, -0.2) is 26.9 Å². The summed E-state index contributed by atoms with van der Waals surface area (Å²) in [6, 6.07) is 7.81. The van der Waals surface area contributed by atoms with E-state index >= 15 is 0 Å². The van der Waals surface area contributed by atoms with E-state index in [-0.39, 0.29) is 49.7 Å². The Labute approximate surface area is 236 Å². The van der Waals surface area contributed by atoms with Crippen LogP contribution in [0.4, 0.5) is 26.0 Å². The zero-order chi connectivity index (χ0) is 28.8. The van der Waals surface area contributed by atoms with Gasteiger partial charge in [0.05, 0.1) is 29.1 Å². The zero-order valence-electron chi connectivity index (χ0n) is 22.5. The summed E-state index contributed by atoms with van der Waals surface area (Å²) in [5, 5.41) is 12.6. The minimum atomic E-state index is -3.87. The molecule has 3 fully saturated rings. The summed E-state index contributed by atoms with van der Waals surface area (Å²) in [5.41, 5.74) is 1.94.